The third kappa shape index (κ3) is 3.30. The fraction of sp³-hybridized carbons (Fsp3) is 0.600. The van der Waals surface area contributed by atoms with E-state index in [0.717, 1.165) is 23.6 Å². The lowest BCUT2D eigenvalue weighted by Gasteiger charge is -2.22. The van der Waals surface area contributed by atoms with Gasteiger partial charge in [-0.2, -0.15) is 0 Å². The van der Waals surface area contributed by atoms with Gasteiger partial charge in [0.25, 0.3) is 0 Å². The van der Waals surface area contributed by atoms with E-state index in [9.17, 15) is 4.39 Å². The van der Waals surface area contributed by atoms with Crippen LogP contribution < -0.4 is 11.1 Å². The summed E-state index contributed by atoms with van der Waals surface area (Å²) >= 11 is 0. The second-order valence-electron chi connectivity index (χ2n) is 5.51. The number of hydrogen-bond donors (Lipinski definition) is 2. The highest BCUT2D eigenvalue weighted by molar-refractivity contribution is 5.29. The van der Waals surface area contributed by atoms with E-state index in [0.29, 0.717) is 12.5 Å². The maximum Gasteiger partial charge on any atom is 0.123 e. The number of aryl methyl sites for hydroxylation is 1. The summed E-state index contributed by atoms with van der Waals surface area (Å²) in [7, 11) is 0. The first-order valence-corrected chi connectivity index (χ1v) is 6.81. The molecule has 0 bridgehead atoms. The van der Waals surface area contributed by atoms with Crippen LogP contribution in [0.2, 0.25) is 0 Å². The summed E-state index contributed by atoms with van der Waals surface area (Å²) < 4.78 is 13.3. The largest absolute Gasteiger partial charge is 0.329 e. The molecule has 1 aromatic rings. The zero-order valence-electron chi connectivity index (χ0n) is 11.2. The van der Waals surface area contributed by atoms with Gasteiger partial charge in [0.05, 0.1) is 0 Å². The maximum absolute atomic E-state index is 13.3. The molecule has 2 rings (SSSR count). The molecule has 1 aromatic carbocycles. The third-order valence-corrected chi connectivity index (χ3v) is 3.97. The number of nitrogens with two attached hydrogens (primary N) is 1. The molecule has 3 heteroatoms. The fourth-order valence-corrected chi connectivity index (χ4v) is 2.47. The van der Waals surface area contributed by atoms with Crippen LogP contribution in [0.3, 0.4) is 0 Å². The minimum absolute atomic E-state index is 0.0573. The number of nitrogens with one attached hydrogen (secondary N) is 1. The van der Waals surface area contributed by atoms with E-state index in [1.165, 1.54) is 18.9 Å². The van der Waals surface area contributed by atoms with Gasteiger partial charge in [-0.1, -0.05) is 13.0 Å². The van der Waals surface area contributed by atoms with Gasteiger partial charge in [-0.3, -0.25) is 0 Å². The smallest absolute Gasteiger partial charge is 0.123 e. The van der Waals surface area contributed by atoms with Crippen LogP contribution in [0.25, 0.3) is 0 Å². The van der Waals surface area contributed by atoms with Gasteiger partial charge >= 0.3 is 0 Å². The average molecular weight is 250 g/mol. The Morgan fingerprint density at radius 3 is 2.78 bits per heavy atom. The standard InChI is InChI=1S/C15H23FN2/c1-10-3-6-13(16)7-14(10)15(8-17)18-9-11(2)12-4-5-12/h3,6-7,11-12,15,18H,4-5,8-9,17H2,1-2H3. The maximum atomic E-state index is 13.3. The predicted molar refractivity (Wildman–Crippen MR) is 72.8 cm³/mol. The topological polar surface area (TPSA) is 38.0 Å². The Kier molecular flexibility index (Phi) is 4.36. The van der Waals surface area contributed by atoms with Gasteiger partial charge in [-0.05, 0) is 61.4 Å². The monoisotopic (exact) mass is 250 g/mol. The zero-order chi connectivity index (χ0) is 13.1. The first kappa shape index (κ1) is 13.5. The number of hydrogen-bond acceptors (Lipinski definition) is 2. The van der Waals surface area contributed by atoms with Gasteiger partial charge in [0.2, 0.25) is 0 Å². The van der Waals surface area contributed by atoms with Crippen LogP contribution in [0, 0.1) is 24.6 Å². The normalized spacial score (nSPS) is 18.7. The van der Waals surface area contributed by atoms with E-state index in [4.69, 9.17) is 5.73 Å². The lowest BCUT2D eigenvalue weighted by atomic mass is 9.99. The summed E-state index contributed by atoms with van der Waals surface area (Å²) in [5.74, 6) is 1.38. The lowest BCUT2D eigenvalue weighted by molar-refractivity contribution is 0.421. The fourth-order valence-electron chi connectivity index (χ4n) is 2.47. The third-order valence-electron chi connectivity index (χ3n) is 3.97. The molecule has 1 aliphatic rings. The molecule has 18 heavy (non-hydrogen) atoms. The van der Waals surface area contributed by atoms with Gasteiger partial charge in [-0.25, -0.2) is 4.39 Å². The molecule has 1 fully saturated rings. The predicted octanol–water partition coefficient (Wildman–Crippen LogP) is 2.77. The molecule has 3 N–H and O–H groups in total. The van der Waals surface area contributed by atoms with Crippen molar-refractivity contribution in [1.82, 2.24) is 5.32 Å². The van der Waals surface area contributed by atoms with Gasteiger partial charge in [-0.15, -0.1) is 0 Å². The Morgan fingerprint density at radius 2 is 2.17 bits per heavy atom. The minimum atomic E-state index is -0.189. The Bertz CT molecular complexity index is 401. The first-order valence-electron chi connectivity index (χ1n) is 6.81. The van der Waals surface area contributed by atoms with Crippen molar-refractivity contribution in [3.05, 3.63) is 35.1 Å². The van der Waals surface area contributed by atoms with Crippen LogP contribution >= 0.6 is 0 Å². The first-order chi connectivity index (χ1) is 8.61. The second-order valence-corrected chi connectivity index (χ2v) is 5.51. The average Bonchev–Trinajstić information content (AvgIpc) is 3.18. The lowest BCUT2D eigenvalue weighted by Crippen LogP contribution is -2.32. The Hall–Kier alpha value is -0.930. The summed E-state index contributed by atoms with van der Waals surface area (Å²) in [6.07, 6.45) is 2.71. The highest BCUT2D eigenvalue weighted by Crippen LogP contribution is 2.36. The molecule has 0 spiro atoms. The highest BCUT2D eigenvalue weighted by atomic mass is 19.1. The molecule has 2 nitrogen and oxygen atoms in total. The van der Waals surface area contributed by atoms with Crippen LogP contribution in [0.4, 0.5) is 4.39 Å². The molecule has 0 aliphatic heterocycles. The molecular formula is C15H23FN2. The summed E-state index contributed by atoms with van der Waals surface area (Å²) in [5.41, 5.74) is 7.90. The van der Waals surface area contributed by atoms with E-state index in [1.807, 2.05) is 13.0 Å². The number of benzene rings is 1. The minimum Gasteiger partial charge on any atom is -0.329 e. The summed E-state index contributed by atoms with van der Waals surface area (Å²) in [6.45, 7) is 5.74. The Labute approximate surface area is 109 Å². The van der Waals surface area contributed by atoms with Gasteiger partial charge in [0.15, 0.2) is 0 Å². The zero-order valence-corrected chi connectivity index (χ0v) is 11.2. The molecule has 0 heterocycles. The second kappa shape index (κ2) is 5.81. The van der Waals surface area contributed by atoms with Crippen molar-refractivity contribution in [2.75, 3.05) is 13.1 Å². The number of rotatable bonds is 6. The number of halogens is 1. The van der Waals surface area contributed by atoms with Crippen molar-refractivity contribution in [2.24, 2.45) is 17.6 Å². The van der Waals surface area contributed by atoms with Gasteiger partial charge in [0, 0.05) is 12.6 Å². The van der Waals surface area contributed by atoms with Crippen molar-refractivity contribution in [3.63, 3.8) is 0 Å². The molecule has 0 amide bonds. The van der Waals surface area contributed by atoms with Crippen LogP contribution in [-0.4, -0.2) is 13.1 Å². The van der Waals surface area contributed by atoms with E-state index in [2.05, 4.69) is 12.2 Å². The van der Waals surface area contributed by atoms with Crippen LogP contribution in [0.5, 0.6) is 0 Å². The molecule has 100 valence electrons. The van der Waals surface area contributed by atoms with Crippen molar-refractivity contribution in [1.29, 1.82) is 0 Å². The van der Waals surface area contributed by atoms with Crippen molar-refractivity contribution in [3.8, 4) is 0 Å². The molecule has 0 aromatic heterocycles. The van der Waals surface area contributed by atoms with E-state index in [1.54, 1.807) is 6.07 Å². The molecule has 0 saturated heterocycles. The molecule has 1 aliphatic carbocycles. The summed E-state index contributed by atoms with van der Waals surface area (Å²) in [4.78, 5) is 0. The Morgan fingerprint density at radius 1 is 1.44 bits per heavy atom. The van der Waals surface area contributed by atoms with E-state index < -0.39 is 0 Å². The SMILES string of the molecule is Cc1ccc(F)cc1C(CN)NCC(C)C1CC1. The molecule has 1 saturated carbocycles. The van der Waals surface area contributed by atoms with Crippen molar-refractivity contribution >= 4 is 0 Å². The van der Waals surface area contributed by atoms with E-state index in [-0.39, 0.29) is 11.9 Å². The van der Waals surface area contributed by atoms with Gasteiger partial charge < -0.3 is 11.1 Å². The molecule has 2 unspecified atom stereocenters. The highest BCUT2D eigenvalue weighted by Gasteiger charge is 2.28. The van der Waals surface area contributed by atoms with Crippen molar-refractivity contribution in [2.45, 2.75) is 32.7 Å². The Balaban J connectivity index is 2.00. The summed E-state index contributed by atoms with van der Waals surface area (Å²) in [5, 5.41) is 3.48. The van der Waals surface area contributed by atoms with Gasteiger partial charge in [0.1, 0.15) is 5.82 Å². The van der Waals surface area contributed by atoms with Crippen molar-refractivity contribution < 1.29 is 4.39 Å². The summed E-state index contributed by atoms with van der Waals surface area (Å²) in [6, 6.07) is 4.97. The molecule has 0 radical (unpaired) electrons. The van der Waals surface area contributed by atoms with Crippen LogP contribution in [0.1, 0.15) is 36.9 Å². The quantitative estimate of drug-likeness (QED) is 0.814. The molecular weight excluding hydrogens is 227 g/mol. The van der Waals surface area contributed by atoms with Crippen LogP contribution in [0.15, 0.2) is 18.2 Å². The van der Waals surface area contributed by atoms with E-state index >= 15 is 0 Å². The molecule has 2 atom stereocenters. The van der Waals surface area contributed by atoms with Crippen LogP contribution in [-0.2, 0) is 0 Å².